The summed E-state index contributed by atoms with van der Waals surface area (Å²) in [6.07, 6.45) is 2.29. The van der Waals surface area contributed by atoms with Gasteiger partial charge < -0.3 is 14.4 Å². The minimum atomic E-state index is -3.51. The van der Waals surface area contributed by atoms with Gasteiger partial charge in [0.05, 0.1) is 12.7 Å². The fraction of sp³-hybridized carbons (Fsp3) is 0.692. The van der Waals surface area contributed by atoms with Crippen LogP contribution in [-0.4, -0.2) is 48.7 Å². The number of aliphatic hydroxyl groups excluding tert-OH is 1. The van der Waals surface area contributed by atoms with Crippen molar-refractivity contribution in [3.05, 3.63) is 18.0 Å². The van der Waals surface area contributed by atoms with Crippen LogP contribution in [0.2, 0.25) is 0 Å². The van der Waals surface area contributed by atoms with E-state index in [0.29, 0.717) is 25.2 Å². The lowest BCUT2D eigenvalue weighted by molar-refractivity contribution is 0.115. The third-order valence-corrected chi connectivity index (χ3v) is 5.53. The zero-order valence-corrected chi connectivity index (χ0v) is 12.9. The van der Waals surface area contributed by atoms with Gasteiger partial charge in [-0.15, -0.1) is 0 Å². The number of aromatic nitrogens is 1. The molecule has 1 saturated heterocycles. The third-order valence-electron chi connectivity index (χ3n) is 3.70. The Morgan fingerprint density at radius 2 is 2.20 bits per heavy atom. The summed E-state index contributed by atoms with van der Waals surface area (Å²) in [5.41, 5.74) is 0.612. The summed E-state index contributed by atoms with van der Waals surface area (Å²) < 4.78 is 33.6. The van der Waals surface area contributed by atoms with Gasteiger partial charge in [0, 0.05) is 38.1 Å². The monoisotopic (exact) mass is 302 g/mol. The van der Waals surface area contributed by atoms with Crippen molar-refractivity contribution in [2.24, 2.45) is 0 Å². The number of sulfonamides is 1. The molecule has 1 aromatic rings. The second-order valence-electron chi connectivity index (χ2n) is 5.34. The van der Waals surface area contributed by atoms with E-state index in [0.717, 1.165) is 0 Å². The molecule has 0 aromatic carbocycles. The van der Waals surface area contributed by atoms with Crippen molar-refractivity contribution in [3.8, 4) is 0 Å². The fourth-order valence-electron chi connectivity index (χ4n) is 2.50. The Morgan fingerprint density at radius 3 is 2.65 bits per heavy atom. The molecule has 0 aliphatic carbocycles. The van der Waals surface area contributed by atoms with Crippen LogP contribution in [0, 0.1) is 0 Å². The lowest BCUT2D eigenvalue weighted by Gasteiger charge is -2.15. The zero-order valence-electron chi connectivity index (χ0n) is 12.1. The van der Waals surface area contributed by atoms with Gasteiger partial charge in [0.1, 0.15) is 4.90 Å². The van der Waals surface area contributed by atoms with E-state index in [2.05, 4.69) is 0 Å². The van der Waals surface area contributed by atoms with Crippen LogP contribution >= 0.6 is 0 Å². The van der Waals surface area contributed by atoms with Gasteiger partial charge in [-0.25, -0.2) is 8.42 Å². The summed E-state index contributed by atoms with van der Waals surface area (Å²) in [7, 11) is -1.91. The molecule has 20 heavy (non-hydrogen) atoms. The summed E-state index contributed by atoms with van der Waals surface area (Å²) in [5.74, 6) is 0. The Balaban J connectivity index is 2.31. The molecular formula is C13H22N2O4S. The summed E-state index contributed by atoms with van der Waals surface area (Å²) in [5, 5.41) is 9.34. The van der Waals surface area contributed by atoms with Crippen molar-refractivity contribution in [2.75, 3.05) is 20.2 Å². The standard InChI is InChI=1S/C13H22N2O4S/c1-10(2)15-8-13(6-11(15)9-16)20(17,18)14-5-4-12(7-14)19-3/h6,8,10,12,16H,4-5,7,9H2,1-3H3. The molecule has 1 atom stereocenters. The van der Waals surface area contributed by atoms with E-state index < -0.39 is 10.0 Å². The SMILES string of the molecule is COC1CCN(S(=O)(=O)c2cc(CO)n(C(C)C)c2)C1. The van der Waals surface area contributed by atoms with Crippen LogP contribution < -0.4 is 0 Å². The zero-order chi connectivity index (χ0) is 14.9. The quantitative estimate of drug-likeness (QED) is 0.880. The van der Waals surface area contributed by atoms with Crippen LogP contribution in [0.15, 0.2) is 17.2 Å². The van der Waals surface area contributed by atoms with Gasteiger partial charge in [0.25, 0.3) is 0 Å². The predicted octanol–water partition coefficient (Wildman–Crippen LogP) is 0.971. The largest absolute Gasteiger partial charge is 0.390 e. The molecule has 1 unspecified atom stereocenters. The van der Waals surface area contributed by atoms with Gasteiger partial charge >= 0.3 is 0 Å². The first-order chi connectivity index (χ1) is 9.40. The first-order valence-electron chi connectivity index (χ1n) is 6.74. The lowest BCUT2D eigenvalue weighted by Crippen LogP contribution is -2.29. The lowest BCUT2D eigenvalue weighted by atomic mass is 10.3. The first-order valence-corrected chi connectivity index (χ1v) is 8.18. The molecular weight excluding hydrogens is 280 g/mol. The molecule has 7 heteroatoms. The Kier molecular flexibility index (Phi) is 4.53. The summed E-state index contributed by atoms with van der Waals surface area (Å²) in [4.78, 5) is 0.243. The molecule has 1 aliphatic heterocycles. The maximum atomic E-state index is 12.6. The molecule has 2 heterocycles. The van der Waals surface area contributed by atoms with Gasteiger partial charge in [0.2, 0.25) is 10.0 Å². The predicted molar refractivity (Wildman–Crippen MR) is 74.9 cm³/mol. The van der Waals surface area contributed by atoms with Crippen LogP contribution in [0.25, 0.3) is 0 Å². The minimum Gasteiger partial charge on any atom is -0.390 e. The average molecular weight is 302 g/mol. The molecule has 2 rings (SSSR count). The highest BCUT2D eigenvalue weighted by Gasteiger charge is 2.33. The van der Waals surface area contributed by atoms with E-state index in [-0.39, 0.29) is 23.6 Å². The van der Waals surface area contributed by atoms with E-state index in [1.807, 2.05) is 13.8 Å². The van der Waals surface area contributed by atoms with Crippen molar-refractivity contribution >= 4 is 10.0 Å². The number of aliphatic hydroxyl groups is 1. The fourth-order valence-corrected chi connectivity index (χ4v) is 4.04. The highest BCUT2D eigenvalue weighted by molar-refractivity contribution is 7.89. The number of rotatable bonds is 5. The van der Waals surface area contributed by atoms with Crippen molar-refractivity contribution in [1.82, 2.24) is 8.87 Å². The van der Waals surface area contributed by atoms with Gasteiger partial charge in [-0.3, -0.25) is 0 Å². The van der Waals surface area contributed by atoms with Crippen molar-refractivity contribution in [1.29, 1.82) is 0 Å². The number of ether oxygens (including phenoxy) is 1. The normalized spacial score (nSPS) is 20.9. The van der Waals surface area contributed by atoms with Crippen molar-refractivity contribution in [2.45, 2.75) is 43.9 Å². The second-order valence-corrected chi connectivity index (χ2v) is 7.27. The Hall–Kier alpha value is -0.890. The average Bonchev–Trinajstić information content (AvgIpc) is 3.05. The van der Waals surface area contributed by atoms with E-state index >= 15 is 0 Å². The minimum absolute atomic E-state index is 0.0331. The molecule has 0 saturated carbocycles. The van der Waals surface area contributed by atoms with Crippen molar-refractivity contribution in [3.63, 3.8) is 0 Å². The van der Waals surface area contributed by atoms with E-state index in [1.54, 1.807) is 23.9 Å². The summed E-state index contributed by atoms with van der Waals surface area (Å²) >= 11 is 0. The Labute approximate surface area is 120 Å². The third kappa shape index (κ3) is 2.76. The van der Waals surface area contributed by atoms with E-state index in [9.17, 15) is 13.5 Å². The number of hydrogen-bond donors (Lipinski definition) is 1. The second kappa shape index (κ2) is 5.85. The Morgan fingerprint density at radius 1 is 1.50 bits per heavy atom. The van der Waals surface area contributed by atoms with Crippen LogP contribution in [0.3, 0.4) is 0 Å². The molecule has 1 fully saturated rings. The molecule has 0 radical (unpaired) electrons. The topological polar surface area (TPSA) is 71.8 Å². The van der Waals surface area contributed by atoms with Crippen LogP contribution in [0.1, 0.15) is 32.0 Å². The number of methoxy groups -OCH3 is 1. The summed E-state index contributed by atoms with van der Waals surface area (Å²) in [6, 6.07) is 1.65. The molecule has 0 amide bonds. The maximum Gasteiger partial charge on any atom is 0.244 e. The maximum absolute atomic E-state index is 12.6. The van der Waals surface area contributed by atoms with E-state index in [1.165, 1.54) is 4.31 Å². The molecule has 114 valence electrons. The first kappa shape index (κ1) is 15.5. The summed E-state index contributed by atoms with van der Waals surface area (Å²) in [6.45, 7) is 4.59. The highest BCUT2D eigenvalue weighted by atomic mass is 32.2. The van der Waals surface area contributed by atoms with Gasteiger partial charge in [-0.1, -0.05) is 0 Å². The van der Waals surface area contributed by atoms with Crippen LogP contribution in [0.5, 0.6) is 0 Å². The molecule has 0 bridgehead atoms. The smallest absolute Gasteiger partial charge is 0.244 e. The number of hydrogen-bond acceptors (Lipinski definition) is 4. The molecule has 6 nitrogen and oxygen atoms in total. The van der Waals surface area contributed by atoms with Crippen LogP contribution in [-0.2, 0) is 21.4 Å². The van der Waals surface area contributed by atoms with Crippen LogP contribution in [0.4, 0.5) is 0 Å². The van der Waals surface area contributed by atoms with Gasteiger partial charge in [0.15, 0.2) is 0 Å². The van der Waals surface area contributed by atoms with E-state index in [4.69, 9.17) is 4.74 Å². The molecule has 0 spiro atoms. The molecule has 1 aromatic heterocycles. The Bertz CT molecular complexity index is 565. The highest BCUT2D eigenvalue weighted by Crippen LogP contribution is 2.25. The van der Waals surface area contributed by atoms with Gasteiger partial charge in [-0.2, -0.15) is 4.31 Å². The van der Waals surface area contributed by atoms with Crippen molar-refractivity contribution < 1.29 is 18.3 Å². The number of nitrogens with zero attached hydrogens (tertiary/aromatic N) is 2. The van der Waals surface area contributed by atoms with Gasteiger partial charge in [-0.05, 0) is 26.3 Å². The molecule has 1 N–H and O–H groups in total. The molecule has 1 aliphatic rings.